The van der Waals surface area contributed by atoms with E-state index in [0.29, 0.717) is 42.0 Å². The van der Waals surface area contributed by atoms with Crippen molar-refractivity contribution >= 4 is 16.6 Å². The first kappa shape index (κ1) is 24.4. The second kappa shape index (κ2) is 12.1. The number of rotatable bonds is 13. The highest BCUT2D eigenvalue weighted by Crippen LogP contribution is 2.36. The molecule has 7 nitrogen and oxygen atoms in total. The van der Waals surface area contributed by atoms with Crippen molar-refractivity contribution in [3.63, 3.8) is 0 Å². The molecule has 31 heavy (non-hydrogen) atoms. The van der Waals surface area contributed by atoms with Crippen molar-refractivity contribution in [2.24, 2.45) is 0 Å². The first-order chi connectivity index (χ1) is 15.0. The topological polar surface area (TPSA) is 83.6 Å². The summed E-state index contributed by atoms with van der Waals surface area (Å²) in [7, 11) is 0. The number of benzene rings is 1. The van der Waals surface area contributed by atoms with Crippen molar-refractivity contribution in [2.45, 2.75) is 79.2 Å². The normalized spacial score (nSPS) is 11.7. The van der Waals surface area contributed by atoms with Crippen LogP contribution in [0.2, 0.25) is 0 Å². The summed E-state index contributed by atoms with van der Waals surface area (Å²) in [6, 6.07) is 4.49. The van der Waals surface area contributed by atoms with E-state index in [9.17, 15) is 14.9 Å². The van der Waals surface area contributed by atoms with Gasteiger partial charge in [-0.15, -0.1) is 0 Å². The molecule has 0 atom stereocenters. The fourth-order valence-corrected chi connectivity index (χ4v) is 3.57. The molecular formula is C24H34N2O5. The molecule has 2 rings (SSSR count). The third-order valence-corrected chi connectivity index (χ3v) is 5.34. The van der Waals surface area contributed by atoms with Crippen molar-refractivity contribution in [3.8, 4) is 11.5 Å². The lowest BCUT2D eigenvalue weighted by Crippen LogP contribution is -2.23. The van der Waals surface area contributed by atoms with Gasteiger partial charge in [-0.3, -0.25) is 14.9 Å². The lowest BCUT2D eigenvalue weighted by atomic mass is 10.1. The van der Waals surface area contributed by atoms with Crippen molar-refractivity contribution in [2.75, 3.05) is 6.61 Å². The Hall–Kier alpha value is -2.83. The molecular weight excluding hydrogens is 396 g/mol. The summed E-state index contributed by atoms with van der Waals surface area (Å²) in [6.45, 7) is 8.66. The van der Waals surface area contributed by atoms with E-state index in [1.807, 2.05) is 26.8 Å². The number of nitro benzene ring substituents is 1. The smallest absolute Gasteiger partial charge is 0.297 e. The monoisotopic (exact) mass is 430 g/mol. The summed E-state index contributed by atoms with van der Waals surface area (Å²) in [6.07, 6.45) is 9.21. The Bertz CT molecular complexity index is 978. The lowest BCUT2D eigenvalue weighted by Gasteiger charge is -2.18. The predicted octanol–water partition coefficient (Wildman–Crippen LogP) is 6.36. The molecule has 7 heteroatoms. The number of hydrogen-bond acceptors (Lipinski definition) is 5. The second-order valence-electron chi connectivity index (χ2n) is 7.49. The van der Waals surface area contributed by atoms with E-state index in [-0.39, 0.29) is 17.0 Å². The highest BCUT2D eigenvalue weighted by molar-refractivity contribution is 5.89. The summed E-state index contributed by atoms with van der Waals surface area (Å²) < 4.78 is 13.6. The molecule has 170 valence electrons. The van der Waals surface area contributed by atoms with E-state index < -0.39 is 4.92 Å². The van der Waals surface area contributed by atoms with Crippen LogP contribution < -0.4 is 15.0 Å². The van der Waals surface area contributed by atoms with Crippen molar-refractivity contribution < 1.29 is 14.4 Å². The fraction of sp³-hybridized carbons (Fsp3) is 0.542. The second-order valence-corrected chi connectivity index (χ2v) is 7.49. The zero-order valence-corrected chi connectivity index (χ0v) is 19.1. The molecule has 0 radical (unpaired) electrons. The zero-order chi connectivity index (χ0) is 22.8. The molecule has 0 bridgehead atoms. The summed E-state index contributed by atoms with van der Waals surface area (Å²) in [4.78, 5) is 24.1. The maximum absolute atomic E-state index is 13.2. The molecule has 0 aliphatic rings. The molecule has 1 heterocycles. The molecule has 0 unspecified atom stereocenters. The van der Waals surface area contributed by atoms with Crippen LogP contribution in [-0.4, -0.2) is 16.1 Å². The van der Waals surface area contributed by atoms with Gasteiger partial charge >= 0.3 is 0 Å². The quantitative estimate of drug-likeness (QED) is 0.160. The number of hydrogen-bond donors (Lipinski definition) is 0. The lowest BCUT2D eigenvalue weighted by molar-refractivity contribution is -0.384. The first-order valence-electron chi connectivity index (χ1n) is 11.3. The van der Waals surface area contributed by atoms with Gasteiger partial charge in [0, 0.05) is 30.5 Å². The SMILES string of the molecule is CC=C(CC)Oc1c(OCCCCCCCC)c(=O)n(CC)c2cc([N+](=O)[O-])ccc12. The molecule has 0 fully saturated rings. The number of aromatic nitrogens is 1. The minimum Gasteiger partial charge on any atom is -0.485 e. The van der Waals surface area contributed by atoms with Gasteiger partial charge in [-0.2, -0.15) is 0 Å². The standard InChI is InChI=1S/C24H34N2O5/c1-5-9-10-11-12-13-16-30-23-22(31-19(6-2)7-3)20-15-14-18(26(28)29)17-21(20)25(8-4)24(23)27/h6,14-15,17H,5,7-13,16H2,1-4H3. The van der Waals surface area contributed by atoms with Crippen LogP contribution >= 0.6 is 0 Å². The van der Waals surface area contributed by atoms with E-state index in [1.54, 1.807) is 6.07 Å². The Morgan fingerprint density at radius 1 is 1.10 bits per heavy atom. The van der Waals surface area contributed by atoms with E-state index in [4.69, 9.17) is 9.47 Å². The average molecular weight is 431 g/mol. The van der Waals surface area contributed by atoms with E-state index in [0.717, 1.165) is 19.3 Å². The van der Waals surface area contributed by atoms with Crippen molar-refractivity contribution in [1.29, 1.82) is 0 Å². The van der Waals surface area contributed by atoms with Crippen molar-refractivity contribution in [3.05, 3.63) is 50.5 Å². The van der Waals surface area contributed by atoms with E-state index >= 15 is 0 Å². The van der Waals surface area contributed by atoms with Gasteiger partial charge in [0.1, 0.15) is 0 Å². The number of pyridine rings is 1. The highest BCUT2D eigenvalue weighted by Gasteiger charge is 2.22. The number of unbranched alkanes of at least 4 members (excludes halogenated alkanes) is 5. The number of nitrogens with zero attached hydrogens (tertiary/aromatic N) is 2. The molecule has 1 aromatic carbocycles. The van der Waals surface area contributed by atoms with Crippen molar-refractivity contribution in [1.82, 2.24) is 4.57 Å². The van der Waals surface area contributed by atoms with Crippen LogP contribution in [0.4, 0.5) is 5.69 Å². The van der Waals surface area contributed by atoms with Crippen LogP contribution in [0.1, 0.15) is 72.6 Å². The molecule has 0 saturated heterocycles. The fourth-order valence-electron chi connectivity index (χ4n) is 3.57. The Morgan fingerprint density at radius 3 is 2.42 bits per heavy atom. The number of allylic oxidation sites excluding steroid dienone is 2. The van der Waals surface area contributed by atoms with Gasteiger partial charge in [0.05, 0.1) is 22.8 Å². The average Bonchev–Trinajstić information content (AvgIpc) is 2.77. The van der Waals surface area contributed by atoms with Gasteiger partial charge in [-0.05, 0) is 32.4 Å². The Kier molecular flexibility index (Phi) is 9.56. The maximum Gasteiger partial charge on any atom is 0.297 e. The minimum atomic E-state index is -0.461. The molecule has 1 aromatic heterocycles. The van der Waals surface area contributed by atoms with Crippen LogP contribution in [0.3, 0.4) is 0 Å². The highest BCUT2D eigenvalue weighted by atomic mass is 16.6. The summed E-state index contributed by atoms with van der Waals surface area (Å²) in [5, 5.41) is 11.9. The van der Waals surface area contributed by atoms with Crippen LogP contribution in [0, 0.1) is 10.1 Å². The number of non-ortho nitro benzene ring substituents is 1. The van der Waals surface area contributed by atoms with E-state index in [2.05, 4.69) is 6.92 Å². The predicted molar refractivity (Wildman–Crippen MR) is 124 cm³/mol. The van der Waals surface area contributed by atoms with Gasteiger partial charge in [0.2, 0.25) is 5.75 Å². The van der Waals surface area contributed by atoms with Gasteiger partial charge in [0.25, 0.3) is 11.2 Å². The number of aryl methyl sites for hydroxylation is 1. The van der Waals surface area contributed by atoms with Gasteiger partial charge in [-0.25, -0.2) is 0 Å². The van der Waals surface area contributed by atoms with Crippen LogP contribution in [0.15, 0.2) is 34.8 Å². The van der Waals surface area contributed by atoms with E-state index in [1.165, 1.54) is 36.0 Å². The Balaban J connectivity index is 2.47. The summed E-state index contributed by atoms with van der Waals surface area (Å²) >= 11 is 0. The zero-order valence-electron chi connectivity index (χ0n) is 19.1. The third kappa shape index (κ3) is 6.09. The number of fused-ring (bicyclic) bond motifs is 1. The third-order valence-electron chi connectivity index (χ3n) is 5.34. The number of nitro groups is 1. The first-order valence-corrected chi connectivity index (χ1v) is 11.3. The van der Waals surface area contributed by atoms with Gasteiger partial charge in [0.15, 0.2) is 5.75 Å². The molecule has 0 saturated carbocycles. The molecule has 0 spiro atoms. The number of ether oxygens (including phenoxy) is 2. The molecule has 0 aliphatic carbocycles. The Labute approximate surface area is 183 Å². The Morgan fingerprint density at radius 2 is 1.81 bits per heavy atom. The molecule has 2 aromatic rings. The largest absolute Gasteiger partial charge is 0.485 e. The van der Waals surface area contributed by atoms with Crippen LogP contribution in [-0.2, 0) is 6.54 Å². The minimum absolute atomic E-state index is 0.0671. The van der Waals surface area contributed by atoms with Crippen LogP contribution in [0.25, 0.3) is 10.9 Å². The van der Waals surface area contributed by atoms with Gasteiger partial charge < -0.3 is 14.0 Å². The molecule has 0 N–H and O–H groups in total. The van der Waals surface area contributed by atoms with Crippen LogP contribution in [0.5, 0.6) is 11.5 Å². The maximum atomic E-state index is 13.2. The molecule has 0 aliphatic heterocycles. The molecule has 0 amide bonds. The summed E-state index contributed by atoms with van der Waals surface area (Å²) in [5.41, 5.74) is 0.0701. The summed E-state index contributed by atoms with van der Waals surface area (Å²) in [5.74, 6) is 1.21. The van der Waals surface area contributed by atoms with Gasteiger partial charge in [-0.1, -0.05) is 46.0 Å².